The van der Waals surface area contributed by atoms with Gasteiger partial charge in [0.15, 0.2) is 5.60 Å². The zero-order chi connectivity index (χ0) is 39.6. The van der Waals surface area contributed by atoms with Gasteiger partial charge >= 0.3 is 0 Å². The molecule has 14 heteroatoms. The summed E-state index contributed by atoms with van der Waals surface area (Å²) in [6, 6.07) is 20.8. The summed E-state index contributed by atoms with van der Waals surface area (Å²) in [5.41, 5.74) is 3.78. The quantitative estimate of drug-likeness (QED) is 0.0755. The lowest BCUT2D eigenvalue weighted by Gasteiger charge is -2.35. The van der Waals surface area contributed by atoms with Gasteiger partial charge in [-0.05, 0) is 99.8 Å². The number of para-hydroxylation sites is 1. The highest BCUT2D eigenvalue weighted by molar-refractivity contribution is 6.72. The van der Waals surface area contributed by atoms with Crippen molar-refractivity contribution in [3.8, 4) is 5.75 Å². The predicted molar refractivity (Wildman–Crippen MR) is 214 cm³/mol. The first-order valence-corrected chi connectivity index (χ1v) is 22.8. The van der Waals surface area contributed by atoms with Gasteiger partial charge < -0.3 is 34.0 Å². The molecule has 1 fully saturated rings. The number of aliphatic hydroxyl groups is 2. The molecule has 0 aliphatic carbocycles. The van der Waals surface area contributed by atoms with E-state index >= 15 is 4.11 Å². The topological polar surface area (TPSA) is 142 Å². The number of nitrogens with one attached hydrogen (secondary N) is 1. The predicted octanol–water partition coefficient (Wildman–Crippen LogP) is 5.58. The molecule has 4 aromatic rings. The molecule has 0 bridgehead atoms. The Morgan fingerprint density at radius 1 is 1.04 bits per heavy atom. The SMILES string of the molecule is CCOc1ccc2c(c1)CC(NCCCCO)C(=O)N2c1ccc(CN2C(=O)[C@]3(O[C@H](CCn4cc(CCO)nn4)[C@@H]([Si](C)(C)F)[C@@H]3C)c3ccccc32)cc1. The number of anilines is 3. The molecule has 298 valence electrons. The van der Waals surface area contributed by atoms with E-state index in [1.165, 1.54) is 0 Å². The van der Waals surface area contributed by atoms with Crippen molar-refractivity contribution in [3.05, 3.63) is 95.3 Å². The highest BCUT2D eigenvalue weighted by Gasteiger charge is 2.66. The van der Waals surface area contributed by atoms with Crippen LogP contribution in [0.4, 0.5) is 21.2 Å². The van der Waals surface area contributed by atoms with Crippen LogP contribution < -0.4 is 19.9 Å². The van der Waals surface area contributed by atoms with E-state index < -0.39 is 37.6 Å². The van der Waals surface area contributed by atoms with Crippen LogP contribution in [0, 0.1) is 5.92 Å². The van der Waals surface area contributed by atoms with Crippen molar-refractivity contribution in [1.29, 1.82) is 0 Å². The molecule has 7 rings (SSSR count). The minimum atomic E-state index is -3.34. The van der Waals surface area contributed by atoms with Gasteiger partial charge in [0.05, 0.1) is 42.4 Å². The normalized spacial score (nSPS) is 23.3. The number of halogens is 1. The van der Waals surface area contributed by atoms with Crippen molar-refractivity contribution in [2.24, 2.45) is 5.92 Å². The van der Waals surface area contributed by atoms with E-state index in [1.807, 2.05) is 80.6 Å². The van der Waals surface area contributed by atoms with E-state index in [4.69, 9.17) is 9.47 Å². The van der Waals surface area contributed by atoms with Crippen LogP contribution >= 0.6 is 0 Å². The number of fused-ring (bicyclic) bond motifs is 3. The third-order valence-corrected chi connectivity index (χ3v) is 14.0. The van der Waals surface area contributed by atoms with Gasteiger partial charge in [0, 0.05) is 55.1 Å². The van der Waals surface area contributed by atoms with Gasteiger partial charge in [0.1, 0.15) is 5.75 Å². The Kier molecular flexibility index (Phi) is 11.8. The lowest BCUT2D eigenvalue weighted by Crippen LogP contribution is -2.49. The number of hydrogen-bond donors (Lipinski definition) is 3. The van der Waals surface area contributed by atoms with Crippen molar-refractivity contribution in [2.75, 3.05) is 36.2 Å². The maximum Gasteiger partial charge on any atom is 0.264 e. The molecule has 5 atom stereocenters. The van der Waals surface area contributed by atoms with Crippen molar-refractivity contribution < 1.29 is 33.4 Å². The van der Waals surface area contributed by atoms with Crippen LogP contribution in [0.5, 0.6) is 5.75 Å². The molecule has 1 saturated heterocycles. The Morgan fingerprint density at radius 2 is 1.82 bits per heavy atom. The van der Waals surface area contributed by atoms with Crippen LogP contribution in [0.1, 0.15) is 55.5 Å². The van der Waals surface area contributed by atoms with Crippen LogP contribution in [0.3, 0.4) is 0 Å². The van der Waals surface area contributed by atoms with E-state index in [-0.39, 0.29) is 31.6 Å². The molecule has 1 spiro atoms. The first kappa shape index (κ1) is 39.8. The fourth-order valence-corrected chi connectivity index (χ4v) is 11.6. The minimum Gasteiger partial charge on any atom is -0.494 e. The summed E-state index contributed by atoms with van der Waals surface area (Å²) in [6.45, 7) is 9.24. The van der Waals surface area contributed by atoms with E-state index in [0.717, 1.165) is 40.2 Å². The monoisotopic (exact) mass is 784 g/mol. The zero-order valence-corrected chi connectivity index (χ0v) is 33.7. The van der Waals surface area contributed by atoms with Gasteiger partial charge in [-0.25, -0.2) is 0 Å². The molecule has 1 unspecified atom stereocenters. The van der Waals surface area contributed by atoms with Crippen molar-refractivity contribution in [2.45, 2.75) is 95.4 Å². The second-order valence-electron chi connectivity index (χ2n) is 15.6. The molecule has 4 heterocycles. The average Bonchev–Trinajstić information content (AvgIpc) is 3.83. The summed E-state index contributed by atoms with van der Waals surface area (Å²) < 4.78 is 30.7. The summed E-state index contributed by atoms with van der Waals surface area (Å²) in [5, 5.41) is 30.3. The summed E-state index contributed by atoms with van der Waals surface area (Å²) in [4.78, 5) is 32.4. The summed E-state index contributed by atoms with van der Waals surface area (Å²) in [6.07, 6.45) is 4.08. The number of aromatic nitrogens is 3. The molecule has 3 N–H and O–H groups in total. The van der Waals surface area contributed by atoms with Crippen molar-refractivity contribution >= 4 is 37.3 Å². The average molecular weight is 785 g/mol. The van der Waals surface area contributed by atoms with Gasteiger partial charge in [-0.1, -0.05) is 42.5 Å². The highest BCUT2D eigenvalue weighted by atomic mass is 28.4. The van der Waals surface area contributed by atoms with Crippen LogP contribution in [-0.4, -0.2) is 83.9 Å². The number of aliphatic hydroxyl groups excluding tert-OH is 2. The Labute approximate surface area is 328 Å². The largest absolute Gasteiger partial charge is 0.494 e. The number of rotatable bonds is 16. The lowest BCUT2D eigenvalue weighted by molar-refractivity contribution is -0.146. The Balaban J connectivity index is 1.14. The standard InChI is InChI=1S/C42H53FN6O6Si/c1-5-54-33-16-17-36-30(24-33)25-35(44-20-8-9-22-50)40(52)49(36)32-14-12-29(13-15-32)26-48-37-11-7-6-10-34(37)42(41(48)53)28(2)39(56(3,4)43)38(55-42)18-21-47-27-31(19-23-51)45-46-47/h6-7,10-17,24,27-28,35,38-39,44,50-51H,5,8-9,18-23,25-26H2,1-4H3/t28-,35?,38+,39-,42+/m0/s1. The third-order valence-electron chi connectivity index (χ3n) is 11.5. The number of carbonyl (C=O) groups excluding carboxylic acids is 2. The maximum atomic E-state index is 16.3. The Bertz CT molecular complexity index is 2020. The molecule has 3 aliphatic heterocycles. The number of hydrogen-bond acceptors (Lipinski definition) is 9. The number of nitrogens with zero attached hydrogens (tertiary/aromatic N) is 5. The molecule has 2 amide bonds. The van der Waals surface area contributed by atoms with Gasteiger partial charge in [0.25, 0.3) is 5.91 Å². The number of ether oxygens (including phenoxy) is 2. The number of unbranched alkanes of at least 4 members (excludes halogenated alkanes) is 1. The Hall–Kier alpha value is -4.47. The molecule has 1 aromatic heterocycles. The van der Waals surface area contributed by atoms with Crippen LogP contribution in [0.15, 0.2) is 72.9 Å². The third kappa shape index (κ3) is 7.52. The number of amides is 2. The molecule has 0 saturated carbocycles. The number of benzene rings is 3. The van der Waals surface area contributed by atoms with Crippen LogP contribution in [0.25, 0.3) is 0 Å². The second-order valence-corrected chi connectivity index (χ2v) is 19.4. The fourth-order valence-electron chi connectivity index (χ4n) is 9.02. The Morgan fingerprint density at radius 3 is 2.55 bits per heavy atom. The smallest absolute Gasteiger partial charge is 0.264 e. The van der Waals surface area contributed by atoms with Crippen molar-refractivity contribution in [1.82, 2.24) is 20.3 Å². The summed E-state index contributed by atoms with van der Waals surface area (Å²) in [7, 11) is -3.34. The van der Waals surface area contributed by atoms with Gasteiger partial charge in [-0.15, -0.1) is 5.10 Å². The molecule has 56 heavy (non-hydrogen) atoms. The highest BCUT2D eigenvalue weighted by Crippen LogP contribution is 2.60. The fraction of sp³-hybridized carbons (Fsp3) is 0.476. The zero-order valence-electron chi connectivity index (χ0n) is 32.7. The van der Waals surface area contributed by atoms with Gasteiger partial charge in [0.2, 0.25) is 14.3 Å². The first-order valence-electron chi connectivity index (χ1n) is 19.8. The molecule has 0 radical (unpaired) electrons. The van der Waals surface area contributed by atoms with E-state index in [9.17, 15) is 19.8 Å². The molecular formula is C42H53FN6O6Si. The molecular weight excluding hydrogens is 732 g/mol. The summed E-state index contributed by atoms with van der Waals surface area (Å²) in [5.74, 6) is 0.0723. The van der Waals surface area contributed by atoms with Crippen molar-refractivity contribution in [3.63, 3.8) is 0 Å². The van der Waals surface area contributed by atoms with Crippen LogP contribution in [-0.2, 0) is 45.9 Å². The maximum absolute atomic E-state index is 16.3. The first-order chi connectivity index (χ1) is 27.0. The lowest BCUT2D eigenvalue weighted by atomic mass is 9.82. The van der Waals surface area contributed by atoms with E-state index in [2.05, 4.69) is 15.6 Å². The second kappa shape index (κ2) is 16.6. The minimum absolute atomic E-state index is 0.0233. The summed E-state index contributed by atoms with van der Waals surface area (Å²) >= 11 is 0. The van der Waals surface area contributed by atoms with Gasteiger partial charge in [-0.2, -0.15) is 0 Å². The number of carbonyl (C=O) groups is 2. The van der Waals surface area contributed by atoms with E-state index in [0.29, 0.717) is 56.8 Å². The molecule has 3 aliphatic rings. The number of aryl methyl sites for hydroxylation is 1. The van der Waals surface area contributed by atoms with Crippen LogP contribution in [0.2, 0.25) is 18.6 Å². The molecule has 12 nitrogen and oxygen atoms in total. The van der Waals surface area contributed by atoms with Gasteiger partial charge in [-0.3, -0.25) is 19.2 Å². The molecule has 3 aromatic carbocycles. The van der Waals surface area contributed by atoms with E-state index in [1.54, 1.807) is 33.8 Å².